The first-order valence-corrected chi connectivity index (χ1v) is 15.7. The zero-order valence-electron chi connectivity index (χ0n) is 26.2. The van der Waals surface area contributed by atoms with Gasteiger partial charge >= 0.3 is 5.97 Å². The Morgan fingerprint density at radius 1 is 0.955 bits per heavy atom. The standard InChI is InChI=1S/C36H40N4O4/c1-6-11-31-38-29-20-30(40-33(41)26-13-8-9-14-27(26)34(40)42)22(2)37-32(29)39(31)21-23-16-18-24(19-17-23)25-12-7-10-15-28(25)35(43)44-36(3,4)5/h7,10,12,15-20,26-27H,6,8-9,11,13-14,21H2,1-5H3/t26-,27+. The Morgan fingerprint density at radius 2 is 1.61 bits per heavy atom. The molecule has 4 aromatic rings. The highest BCUT2D eigenvalue weighted by atomic mass is 16.6. The molecule has 2 aliphatic rings. The Labute approximate surface area is 258 Å². The summed E-state index contributed by atoms with van der Waals surface area (Å²) in [5, 5.41) is 0. The van der Waals surface area contributed by atoms with Gasteiger partial charge in [-0.15, -0.1) is 0 Å². The number of hydrogen-bond acceptors (Lipinski definition) is 6. The van der Waals surface area contributed by atoms with Crippen molar-refractivity contribution in [3.63, 3.8) is 0 Å². The van der Waals surface area contributed by atoms with E-state index in [0.29, 0.717) is 29.0 Å². The molecule has 2 atom stereocenters. The largest absolute Gasteiger partial charge is 0.456 e. The molecule has 44 heavy (non-hydrogen) atoms. The van der Waals surface area contributed by atoms with Gasteiger partial charge in [-0.2, -0.15) is 0 Å². The number of carbonyl (C=O) groups is 3. The molecule has 1 saturated carbocycles. The lowest BCUT2D eigenvalue weighted by Gasteiger charge is -2.20. The molecule has 0 N–H and O–H groups in total. The molecule has 1 saturated heterocycles. The van der Waals surface area contributed by atoms with E-state index < -0.39 is 5.60 Å². The SMILES string of the molecule is CCCc1nc2cc(N3C(=O)[C@H]4CCCC[C@H]4C3=O)c(C)nc2n1Cc1ccc(-c2ccccc2C(=O)OC(C)(C)C)cc1. The normalized spacial score (nSPS) is 18.6. The second kappa shape index (κ2) is 11.6. The number of imide groups is 1. The first-order chi connectivity index (χ1) is 21.1. The number of carbonyl (C=O) groups excluding carboxylic acids is 3. The van der Waals surface area contributed by atoms with Crippen LogP contribution in [-0.4, -0.2) is 37.9 Å². The van der Waals surface area contributed by atoms with Crippen LogP contribution in [0.15, 0.2) is 54.6 Å². The third-order valence-electron chi connectivity index (χ3n) is 8.67. The second-order valence-electron chi connectivity index (χ2n) is 13.1. The van der Waals surface area contributed by atoms with Gasteiger partial charge in [0.05, 0.1) is 35.3 Å². The molecule has 2 aromatic heterocycles. The van der Waals surface area contributed by atoms with Crippen molar-refractivity contribution in [2.24, 2.45) is 11.8 Å². The maximum absolute atomic E-state index is 13.3. The predicted molar refractivity (Wildman–Crippen MR) is 170 cm³/mol. The monoisotopic (exact) mass is 592 g/mol. The van der Waals surface area contributed by atoms with Crippen LogP contribution < -0.4 is 4.90 Å². The minimum Gasteiger partial charge on any atom is -0.456 e. The molecule has 0 bridgehead atoms. The van der Waals surface area contributed by atoms with Crippen LogP contribution in [0.5, 0.6) is 0 Å². The minimum absolute atomic E-state index is 0.0921. The summed E-state index contributed by atoms with van der Waals surface area (Å²) in [6, 6.07) is 17.6. The van der Waals surface area contributed by atoms with Gasteiger partial charge in [0.2, 0.25) is 11.8 Å². The Kier molecular flexibility index (Phi) is 7.86. The molecule has 3 heterocycles. The van der Waals surface area contributed by atoms with Gasteiger partial charge in [-0.25, -0.2) is 19.7 Å². The van der Waals surface area contributed by atoms with Crippen molar-refractivity contribution >= 4 is 34.6 Å². The van der Waals surface area contributed by atoms with E-state index in [0.717, 1.165) is 66.7 Å². The van der Waals surface area contributed by atoms with Crippen LogP contribution in [0, 0.1) is 18.8 Å². The van der Waals surface area contributed by atoms with Crippen LogP contribution in [0.25, 0.3) is 22.3 Å². The van der Waals surface area contributed by atoms with Crippen LogP contribution >= 0.6 is 0 Å². The Hall–Kier alpha value is -4.33. The molecule has 2 aromatic carbocycles. The molecule has 2 amide bonds. The molecule has 8 nitrogen and oxygen atoms in total. The van der Waals surface area contributed by atoms with Crippen molar-refractivity contribution in [3.8, 4) is 11.1 Å². The van der Waals surface area contributed by atoms with Crippen molar-refractivity contribution in [2.75, 3.05) is 4.90 Å². The summed E-state index contributed by atoms with van der Waals surface area (Å²) in [6.45, 7) is 10.1. The lowest BCUT2D eigenvalue weighted by atomic mass is 9.81. The number of esters is 1. The summed E-state index contributed by atoms with van der Waals surface area (Å²) < 4.78 is 7.78. The lowest BCUT2D eigenvalue weighted by molar-refractivity contribution is -0.122. The second-order valence-corrected chi connectivity index (χ2v) is 13.1. The Bertz CT molecular complexity index is 1720. The van der Waals surface area contributed by atoms with Crippen molar-refractivity contribution in [3.05, 3.63) is 77.2 Å². The van der Waals surface area contributed by atoms with Gasteiger partial charge < -0.3 is 9.30 Å². The van der Waals surface area contributed by atoms with Crippen molar-refractivity contribution in [2.45, 2.75) is 85.3 Å². The van der Waals surface area contributed by atoms with Crippen LogP contribution in [0.4, 0.5) is 5.69 Å². The average Bonchev–Trinajstić information content (AvgIpc) is 3.45. The van der Waals surface area contributed by atoms with Gasteiger partial charge in [-0.1, -0.05) is 62.2 Å². The molecule has 0 radical (unpaired) electrons. The zero-order valence-corrected chi connectivity index (χ0v) is 26.2. The molecule has 8 heteroatoms. The molecule has 228 valence electrons. The topological polar surface area (TPSA) is 94.4 Å². The molecule has 6 rings (SSSR count). The highest BCUT2D eigenvalue weighted by Crippen LogP contribution is 2.41. The van der Waals surface area contributed by atoms with E-state index in [1.165, 1.54) is 4.90 Å². The molecule has 0 unspecified atom stereocenters. The van der Waals surface area contributed by atoms with E-state index in [1.807, 2.05) is 64.1 Å². The van der Waals surface area contributed by atoms with Gasteiger partial charge in [0.1, 0.15) is 16.9 Å². The van der Waals surface area contributed by atoms with Crippen LogP contribution in [0.1, 0.15) is 87.2 Å². The fourth-order valence-electron chi connectivity index (χ4n) is 6.60. The summed E-state index contributed by atoms with van der Waals surface area (Å²) >= 11 is 0. The third-order valence-corrected chi connectivity index (χ3v) is 8.67. The number of aromatic nitrogens is 3. The van der Waals surface area contributed by atoms with Gasteiger partial charge in [0, 0.05) is 6.42 Å². The summed E-state index contributed by atoms with van der Waals surface area (Å²) in [6.07, 6.45) is 5.24. The van der Waals surface area contributed by atoms with Crippen LogP contribution in [0.2, 0.25) is 0 Å². The molecule has 0 spiro atoms. The number of aryl methyl sites for hydroxylation is 2. The van der Waals surface area contributed by atoms with Crippen LogP contribution in [-0.2, 0) is 27.3 Å². The minimum atomic E-state index is -0.580. The molecular formula is C36H40N4O4. The van der Waals surface area contributed by atoms with Crippen molar-refractivity contribution in [1.29, 1.82) is 0 Å². The molecule has 1 aliphatic heterocycles. The maximum Gasteiger partial charge on any atom is 0.339 e. The third kappa shape index (κ3) is 5.53. The van der Waals surface area contributed by atoms with Gasteiger partial charge in [-0.3, -0.25) is 9.59 Å². The summed E-state index contributed by atoms with van der Waals surface area (Å²) in [5.41, 5.74) is 5.41. The highest BCUT2D eigenvalue weighted by Gasteiger charge is 2.49. The first-order valence-electron chi connectivity index (χ1n) is 15.7. The Balaban J connectivity index is 1.31. The van der Waals surface area contributed by atoms with Gasteiger partial charge in [0.15, 0.2) is 5.65 Å². The summed E-state index contributed by atoms with van der Waals surface area (Å²) in [7, 11) is 0. The maximum atomic E-state index is 13.3. The van der Waals surface area contributed by atoms with E-state index in [2.05, 4.69) is 23.6 Å². The van der Waals surface area contributed by atoms with E-state index in [1.54, 1.807) is 6.07 Å². The lowest BCUT2D eigenvalue weighted by Crippen LogP contribution is -2.31. The average molecular weight is 593 g/mol. The quantitative estimate of drug-likeness (QED) is 0.169. The number of imidazole rings is 1. The Morgan fingerprint density at radius 3 is 2.25 bits per heavy atom. The van der Waals surface area contributed by atoms with E-state index in [-0.39, 0.29) is 29.6 Å². The van der Waals surface area contributed by atoms with Crippen molar-refractivity contribution in [1.82, 2.24) is 14.5 Å². The number of ether oxygens (including phenoxy) is 1. The number of pyridine rings is 1. The first kappa shape index (κ1) is 29.7. The fourth-order valence-corrected chi connectivity index (χ4v) is 6.60. The number of nitrogens with zero attached hydrogens (tertiary/aromatic N) is 4. The molecule has 2 fully saturated rings. The van der Waals surface area contributed by atoms with E-state index >= 15 is 0 Å². The van der Waals surface area contributed by atoms with E-state index in [9.17, 15) is 14.4 Å². The van der Waals surface area contributed by atoms with Crippen molar-refractivity contribution < 1.29 is 19.1 Å². The number of rotatable bonds is 7. The summed E-state index contributed by atoms with van der Waals surface area (Å²) in [4.78, 5) is 50.8. The highest BCUT2D eigenvalue weighted by molar-refractivity contribution is 6.22. The summed E-state index contributed by atoms with van der Waals surface area (Å²) in [5.74, 6) is -0.0323. The molecular weight excluding hydrogens is 552 g/mol. The smallest absolute Gasteiger partial charge is 0.339 e. The number of fused-ring (bicyclic) bond motifs is 2. The van der Waals surface area contributed by atoms with Gasteiger partial charge in [-0.05, 0) is 75.8 Å². The number of amides is 2. The molecule has 1 aliphatic carbocycles. The fraction of sp³-hybridized carbons (Fsp3) is 0.417. The predicted octanol–water partition coefficient (Wildman–Crippen LogP) is 7.04. The number of anilines is 1. The van der Waals surface area contributed by atoms with E-state index in [4.69, 9.17) is 14.7 Å². The number of hydrogen-bond donors (Lipinski definition) is 0. The number of benzene rings is 2. The zero-order chi connectivity index (χ0) is 31.2. The van der Waals surface area contributed by atoms with Crippen LogP contribution in [0.3, 0.4) is 0 Å². The van der Waals surface area contributed by atoms with Gasteiger partial charge in [0.25, 0.3) is 0 Å².